The van der Waals surface area contributed by atoms with E-state index in [1.165, 1.54) is 0 Å². The Balaban J connectivity index is 1.68. The van der Waals surface area contributed by atoms with Gasteiger partial charge < -0.3 is 24.8 Å². The molecule has 2 aromatic heterocycles. The SMILES string of the molecule is COc1cc(C2C(C(=O)Nc3ccccc3)=C(C)Nc3nc(-c4cccnc4)nn32)cc(OC)c1OC. The van der Waals surface area contributed by atoms with Crippen LogP contribution in [0.1, 0.15) is 18.5 Å². The van der Waals surface area contributed by atoms with E-state index in [4.69, 9.17) is 24.3 Å². The van der Waals surface area contributed by atoms with Gasteiger partial charge in [0.25, 0.3) is 5.91 Å². The Morgan fingerprint density at radius 2 is 1.73 bits per heavy atom. The first kappa shape index (κ1) is 23.9. The molecule has 1 unspecified atom stereocenters. The highest BCUT2D eigenvalue weighted by molar-refractivity contribution is 6.06. The number of hydrogen-bond donors (Lipinski definition) is 2. The molecule has 5 rings (SSSR count). The van der Waals surface area contributed by atoms with Gasteiger partial charge in [-0.25, -0.2) is 4.68 Å². The first-order valence-electron chi connectivity index (χ1n) is 11.5. The molecule has 0 saturated heterocycles. The third-order valence-electron chi connectivity index (χ3n) is 6.05. The molecule has 0 saturated carbocycles. The molecule has 0 aliphatic carbocycles. The van der Waals surface area contributed by atoms with Crippen LogP contribution in [0.4, 0.5) is 11.6 Å². The molecule has 0 fully saturated rings. The van der Waals surface area contributed by atoms with E-state index in [9.17, 15) is 4.79 Å². The predicted molar refractivity (Wildman–Crippen MR) is 139 cm³/mol. The van der Waals surface area contributed by atoms with E-state index in [0.29, 0.717) is 51.5 Å². The van der Waals surface area contributed by atoms with Crippen LogP contribution in [0, 0.1) is 0 Å². The number of aromatic nitrogens is 4. The van der Waals surface area contributed by atoms with Gasteiger partial charge in [0, 0.05) is 29.3 Å². The summed E-state index contributed by atoms with van der Waals surface area (Å²) >= 11 is 0. The number of benzene rings is 2. The van der Waals surface area contributed by atoms with Crippen LogP contribution in [0.5, 0.6) is 17.2 Å². The smallest absolute Gasteiger partial charge is 0.255 e. The lowest BCUT2D eigenvalue weighted by molar-refractivity contribution is -0.113. The van der Waals surface area contributed by atoms with E-state index in [-0.39, 0.29) is 5.91 Å². The second-order valence-corrected chi connectivity index (χ2v) is 8.29. The van der Waals surface area contributed by atoms with Gasteiger partial charge in [0.15, 0.2) is 17.3 Å². The van der Waals surface area contributed by atoms with Crippen molar-refractivity contribution >= 4 is 17.5 Å². The summed E-state index contributed by atoms with van der Waals surface area (Å²) in [5.41, 5.74) is 3.25. The first-order valence-corrected chi connectivity index (χ1v) is 11.5. The number of pyridine rings is 1. The van der Waals surface area contributed by atoms with Crippen LogP contribution in [0.2, 0.25) is 0 Å². The van der Waals surface area contributed by atoms with Gasteiger partial charge in [-0.1, -0.05) is 18.2 Å². The van der Waals surface area contributed by atoms with Crippen LogP contribution in [-0.2, 0) is 4.79 Å². The minimum atomic E-state index is -0.647. The standard InChI is InChI=1S/C27H26N6O4/c1-16-22(26(34)30-19-10-6-5-7-11-19)23(18-13-20(35-2)24(37-4)21(14-18)36-3)33-27(29-16)31-25(32-33)17-9-8-12-28-15-17/h5-15,23H,1-4H3,(H,30,34)(H,29,31,32). The van der Waals surface area contributed by atoms with Crippen molar-refractivity contribution in [2.45, 2.75) is 13.0 Å². The van der Waals surface area contributed by atoms with Gasteiger partial charge in [0.2, 0.25) is 11.7 Å². The molecule has 0 bridgehead atoms. The molecule has 10 nitrogen and oxygen atoms in total. The van der Waals surface area contributed by atoms with Crippen molar-refractivity contribution in [2.24, 2.45) is 0 Å². The molecule has 37 heavy (non-hydrogen) atoms. The molecule has 1 aliphatic rings. The Bertz CT molecular complexity index is 1440. The molecule has 2 aromatic carbocycles. The van der Waals surface area contributed by atoms with E-state index in [0.717, 1.165) is 5.56 Å². The minimum absolute atomic E-state index is 0.279. The third-order valence-corrected chi connectivity index (χ3v) is 6.05. The van der Waals surface area contributed by atoms with E-state index >= 15 is 0 Å². The van der Waals surface area contributed by atoms with E-state index < -0.39 is 6.04 Å². The molecule has 2 N–H and O–H groups in total. The van der Waals surface area contributed by atoms with Crippen LogP contribution in [0.3, 0.4) is 0 Å². The number of allylic oxidation sites excluding steroid dienone is 1. The number of anilines is 2. The summed E-state index contributed by atoms with van der Waals surface area (Å²) in [5, 5.41) is 11.0. The lowest BCUT2D eigenvalue weighted by atomic mass is 9.94. The van der Waals surface area contributed by atoms with Gasteiger partial charge in [0.05, 0.1) is 26.9 Å². The van der Waals surface area contributed by atoms with Crippen LogP contribution in [-0.4, -0.2) is 47.0 Å². The largest absolute Gasteiger partial charge is 0.493 e. The summed E-state index contributed by atoms with van der Waals surface area (Å²) in [6, 6.07) is 16.0. The highest BCUT2D eigenvalue weighted by Crippen LogP contribution is 2.44. The quantitative estimate of drug-likeness (QED) is 0.388. The Morgan fingerprint density at radius 3 is 2.35 bits per heavy atom. The normalized spacial score (nSPS) is 14.4. The monoisotopic (exact) mass is 498 g/mol. The topological polar surface area (TPSA) is 112 Å². The fourth-order valence-electron chi connectivity index (χ4n) is 4.35. The fourth-order valence-corrected chi connectivity index (χ4v) is 4.35. The summed E-state index contributed by atoms with van der Waals surface area (Å²) in [5.74, 6) is 2.07. The number of hydrogen-bond acceptors (Lipinski definition) is 8. The summed E-state index contributed by atoms with van der Waals surface area (Å²) in [6.07, 6.45) is 3.38. The van der Waals surface area contributed by atoms with Crippen molar-refractivity contribution in [1.29, 1.82) is 0 Å². The molecule has 3 heterocycles. The molecule has 1 atom stereocenters. The summed E-state index contributed by atoms with van der Waals surface area (Å²) in [4.78, 5) is 22.6. The number of para-hydroxylation sites is 1. The molecule has 0 spiro atoms. The lowest BCUT2D eigenvalue weighted by Gasteiger charge is -2.29. The molecule has 0 radical (unpaired) electrons. The molecule has 4 aromatic rings. The van der Waals surface area contributed by atoms with Crippen molar-refractivity contribution in [3.63, 3.8) is 0 Å². The Morgan fingerprint density at radius 1 is 1.00 bits per heavy atom. The molecule has 1 amide bonds. The van der Waals surface area contributed by atoms with Crippen molar-refractivity contribution in [1.82, 2.24) is 19.7 Å². The second-order valence-electron chi connectivity index (χ2n) is 8.29. The molecular weight excluding hydrogens is 472 g/mol. The van der Waals surface area contributed by atoms with Crippen LogP contribution < -0.4 is 24.8 Å². The summed E-state index contributed by atoms with van der Waals surface area (Å²) in [6.45, 7) is 1.84. The van der Waals surface area contributed by atoms with Gasteiger partial charge in [0.1, 0.15) is 6.04 Å². The summed E-state index contributed by atoms with van der Waals surface area (Å²) in [7, 11) is 4.65. The third kappa shape index (κ3) is 4.44. The van der Waals surface area contributed by atoms with Gasteiger partial charge in [-0.05, 0) is 48.9 Å². The zero-order chi connectivity index (χ0) is 25.9. The predicted octanol–water partition coefficient (Wildman–Crippen LogP) is 4.29. The Hall–Kier alpha value is -4.86. The Labute approximate surface area is 213 Å². The number of nitrogens with zero attached hydrogens (tertiary/aromatic N) is 4. The average molecular weight is 499 g/mol. The number of carbonyl (C=O) groups is 1. The zero-order valence-corrected chi connectivity index (χ0v) is 20.9. The van der Waals surface area contributed by atoms with Crippen molar-refractivity contribution in [3.05, 3.63) is 83.8 Å². The number of nitrogens with one attached hydrogen (secondary N) is 2. The van der Waals surface area contributed by atoms with Gasteiger partial charge in [-0.3, -0.25) is 9.78 Å². The van der Waals surface area contributed by atoms with Gasteiger partial charge >= 0.3 is 0 Å². The number of amides is 1. The highest BCUT2D eigenvalue weighted by atomic mass is 16.5. The van der Waals surface area contributed by atoms with Crippen LogP contribution in [0.15, 0.2) is 78.3 Å². The van der Waals surface area contributed by atoms with Crippen molar-refractivity contribution in [2.75, 3.05) is 32.0 Å². The first-order chi connectivity index (χ1) is 18.0. The Kier molecular flexibility index (Phi) is 6.46. The highest BCUT2D eigenvalue weighted by Gasteiger charge is 2.35. The lowest BCUT2D eigenvalue weighted by Crippen LogP contribution is -2.31. The van der Waals surface area contributed by atoms with Crippen LogP contribution in [0.25, 0.3) is 11.4 Å². The number of carbonyl (C=O) groups excluding carboxylic acids is 1. The van der Waals surface area contributed by atoms with E-state index in [2.05, 4.69) is 15.6 Å². The van der Waals surface area contributed by atoms with Crippen molar-refractivity contribution in [3.8, 4) is 28.6 Å². The maximum absolute atomic E-state index is 13.7. The van der Waals surface area contributed by atoms with Crippen molar-refractivity contribution < 1.29 is 19.0 Å². The maximum Gasteiger partial charge on any atom is 0.255 e. The molecule has 188 valence electrons. The number of ether oxygens (including phenoxy) is 3. The zero-order valence-electron chi connectivity index (χ0n) is 20.9. The second kappa shape index (κ2) is 10.0. The summed E-state index contributed by atoms with van der Waals surface area (Å²) < 4.78 is 18.4. The molecular formula is C27H26N6O4. The van der Waals surface area contributed by atoms with Crippen LogP contribution >= 0.6 is 0 Å². The number of fused-ring (bicyclic) bond motifs is 1. The molecule has 1 aliphatic heterocycles. The average Bonchev–Trinajstić information content (AvgIpc) is 3.36. The minimum Gasteiger partial charge on any atom is -0.493 e. The fraction of sp³-hybridized carbons (Fsp3) is 0.185. The number of rotatable bonds is 7. The molecule has 10 heteroatoms. The maximum atomic E-state index is 13.7. The van der Waals surface area contributed by atoms with E-state index in [1.54, 1.807) is 38.4 Å². The van der Waals surface area contributed by atoms with E-state index in [1.807, 2.05) is 61.5 Å². The number of methoxy groups -OCH3 is 3. The van der Waals surface area contributed by atoms with Gasteiger partial charge in [-0.15, -0.1) is 5.10 Å². The van der Waals surface area contributed by atoms with Gasteiger partial charge in [-0.2, -0.15) is 4.98 Å².